The van der Waals surface area contributed by atoms with Crippen LogP contribution in [0.1, 0.15) is 30.3 Å². The summed E-state index contributed by atoms with van der Waals surface area (Å²) in [6, 6.07) is 14.0. The lowest BCUT2D eigenvalue weighted by Crippen LogP contribution is -2.43. The zero-order chi connectivity index (χ0) is 22.9. The van der Waals surface area contributed by atoms with Gasteiger partial charge in [0.25, 0.3) is 5.89 Å². The Bertz CT molecular complexity index is 1040. The van der Waals surface area contributed by atoms with Gasteiger partial charge in [0, 0.05) is 38.3 Å². The summed E-state index contributed by atoms with van der Waals surface area (Å²) < 4.78 is 11.0. The Morgan fingerprint density at radius 2 is 1.94 bits per heavy atom. The lowest BCUT2D eigenvalue weighted by molar-refractivity contribution is 0.239. The molecule has 1 aromatic carbocycles. The number of guanidine groups is 1. The summed E-state index contributed by atoms with van der Waals surface area (Å²) in [5, 5.41) is 10.9. The molecule has 0 amide bonds. The minimum absolute atomic E-state index is 0. The smallest absolute Gasteiger partial charge is 0.276 e. The number of nitrogens with zero attached hydrogens (tertiary/aromatic N) is 5. The molecule has 1 fully saturated rings. The zero-order valence-corrected chi connectivity index (χ0v) is 21.9. The maximum atomic E-state index is 5.64. The third-order valence-electron chi connectivity index (χ3n) is 5.76. The van der Waals surface area contributed by atoms with Crippen LogP contribution < -0.4 is 15.4 Å². The van der Waals surface area contributed by atoms with Gasteiger partial charge in [0.2, 0.25) is 0 Å². The average molecular weight is 577 g/mol. The largest absolute Gasteiger partial charge is 0.496 e. The van der Waals surface area contributed by atoms with Crippen LogP contribution in [0, 0.1) is 0 Å². The Morgan fingerprint density at radius 1 is 1.15 bits per heavy atom. The van der Waals surface area contributed by atoms with Crippen LogP contribution in [-0.2, 0) is 6.42 Å². The molecule has 3 heterocycles. The minimum Gasteiger partial charge on any atom is -0.496 e. The molecule has 2 aromatic heterocycles. The van der Waals surface area contributed by atoms with E-state index in [1.807, 2.05) is 30.3 Å². The summed E-state index contributed by atoms with van der Waals surface area (Å²) in [5.41, 5.74) is 1.87. The molecule has 0 aliphatic carbocycles. The molecular weight excluding hydrogens is 545 g/mol. The van der Waals surface area contributed by atoms with Crippen molar-refractivity contribution in [3.63, 3.8) is 0 Å². The van der Waals surface area contributed by atoms with E-state index < -0.39 is 0 Å². The number of hydrogen-bond donors (Lipinski definition) is 2. The number of ether oxygens (including phenoxy) is 1. The molecule has 1 aliphatic heterocycles. The van der Waals surface area contributed by atoms with Gasteiger partial charge in [-0.25, -0.2) is 0 Å². The van der Waals surface area contributed by atoms with E-state index in [-0.39, 0.29) is 30.0 Å². The monoisotopic (exact) mass is 577 g/mol. The van der Waals surface area contributed by atoms with E-state index in [4.69, 9.17) is 9.26 Å². The van der Waals surface area contributed by atoms with Gasteiger partial charge in [-0.3, -0.25) is 14.9 Å². The van der Waals surface area contributed by atoms with Crippen LogP contribution >= 0.6 is 24.0 Å². The number of methoxy groups -OCH3 is 1. The van der Waals surface area contributed by atoms with Gasteiger partial charge >= 0.3 is 0 Å². The molecule has 1 unspecified atom stereocenters. The quantitative estimate of drug-likeness (QED) is 0.227. The summed E-state index contributed by atoms with van der Waals surface area (Å²) >= 11 is 0. The number of aromatic nitrogens is 3. The molecular formula is C24H32IN7O2. The maximum Gasteiger partial charge on any atom is 0.276 e. The van der Waals surface area contributed by atoms with Crippen LogP contribution in [0.5, 0.6) is 5.75 Å². The van der Waals surface area contributed by atoms with E-state index in [9.17, 15) is 0 Å². The van der Waals surface area contributed by atoms with Crippen LogP contribution in [-0.4, -0.2) is 66.3 Å². The normalized spacial score (nSPS) is 14.9. The van der Waals surface area contributed by atoms with Crippen LogP contribution in [0.3, 0.4) is 0 Å². The van der Waals surface area contributed by atoms with Crippen molar-refractivity contribution in [3.8, 4) is 17.3 Å². The molecule has 2 N–H and O–H groups in total. The van der Waals surface area contributed by atoms with Crippen molar-refractivity contribution in [2.75, 3.05) is 40.3 Å². The Labute approximate surface area is 217 Å². The zero-order valence-electron chi connectivity index (χ0n) is 19.6. The van der Waals surface area contributed by atoms with Gasteiger partial charge in [0.1, 0.15) is 11.4 Å². The van der Waals surface area contributed by atoms with Gasteiger partial charge < -0.3 is 19.9 Å². The van der Waals surface area contributed by atoms with E-state index >= 15 is 0 Å². The number of para-hydroxylation sites is 1. The average Bonchev–Trinajstić information content (AvgIpc) is 3.57. The summed E-state index contributed by atoms with van der Waals surface area (Å²) in [7, 11) is 3.50. The first-order chi connectivity index (χ1) is 16.3. The van der Waals surface area contributed by atoms with Crippen molar-refractivity contribution in [2.24, 2.45) is 4.99 Å². The maximum absolute atomic E-state index is 5.64. The molecule has 1 atom stereocenters. The number of rotatable bonds is 9. The molecule has 0 radical (unpaired) electrons. The number of hydrogen-bond acceptors (Lipinski definition) is 7. The SMILES string of the molecule is CN=C(NCCc1noc(-c2ccccn2)n1)NCC(c1ccccc1OC)N1CCCC1.I. The van der Waals surface area contributed by atoms with Crippen LogP contribution in [0.15, 0.2) is 58.2 Å². The van der Waals surface area contributed by atoms with Gasteiger partial charge in [-0.15, -0.1) is 24.0 Å². The number of likely N-dealkylation sites (tertiary alicyclic amines) is 1. The molecule has 34 heavy (non-hydrogen) atoms. The number of halogens is 1. The molecule has 1 saturated heterocycles. The number of aliphatic imine (C=N–C) groups is 1. The minimum atomic E-state index is 0. The van der Waals surface area contributed by atoms with Crippen molar-refractivity contribution >= 4 is 29.9 Å². The molecule has 4 rings (SSSR count). The van der Waals surface area contributed by atoms with E-state index in [2.05, 4.69) is 47.8 Å². The van der Waals surface area contributed by atoms with Gasteiger partial charge in [-0.05, 0) is 44.1 Å². The summed E-state index contributed by atoms with van der Waals surface area (Å²) in [4.78, 5) is 15.6. The lowest BCUT2D eigenvalue weighted by Gasteiger charge is -2.30. The fourth-order valence-electron chi connectivity index (χ4n) is 4.09. The highest BCUT2D eigenvalue weighted by Crippen LogP contribution is 2.31. The van der Waals surface area contributed by atoms with Crippen LogP contribution in [0.4, 0.5) is 0 Å². The van der Waals surface area contributed by atoms with Crippen molar-refractivity contribution in [1.82, 2.24) is 30.7 Å². The highest BCUT2D eigenvalue weighted by Gasteiger charge is 2.26. The third kappa shape index (κ3) is 6.66. The van der Waals surface area contributed by atoms with Gasteiger partial charge in [-0.1, -0.05) is 29.4 Å². The molecule has 0 spiro atoms. The first kappa shape index (κ1) is 25.9. The lowest BCUT2D eigenvalue weighted by atomic mass is 10.0. The van der Waals surface area contributed by atoms with Crippen molar-refractivity contribution < 1.29 is 9.26 Å². The summed E-state index contributed by atoms with van der Waals surface area (Å²) in [6.07, 6.45) is 4.77. The predicted molar refractivity (Wildman–Crippen MR) is 143 cm³/mol. The Kier molecular flexibility index (Phi) is 10.1. The molecule has 0 saturated carbocycles. The fourth-order valence-corrected chi connectivity index (χ4v) is 4.09. The van der Waals surface area contributed by atoms with E-state index in [1.165, 1.54) is 18.4 Å². The van der Waals surface area contributed by atoms with Crippen LogP contribution in [0.2, 0.25) is 0 Å². The second kappa shape index (κ2) is 13.2. The standard InChI is InChI=1S/C24H31N7O2.HI/c1-25-24(27-14-12-22-29-23(33-30-22)19-10-5-6-13-26-19)28-17-20(31-15-7-8-16-31)18-9-3-4-11-21(18)32-2;/h3-6,9-11,13,20H,7-8,12,14-17H2,1-2H3,(H2,25,27,28);1H. The Morgan fingerprint density at radius 3 is 2.68 bits per heavy atom. The van der Waals surface area contributed by atoms with E-state index in [0.29, 0.717) is 30.4 Å². The highest BCUT2D eigenvalue weighted by molar-refractivity contribution is 14.0. The summed E-state index contributed by atoms with van der Waals surface area (Å²) in [5.74, 6) is 2.71. The van der Waals surface area contributed by atoms with Gasteiger partial charge in [-0.2, -0.15) is 4.98 Å². The van der Waals surface area contributed by atoms with Crippen molar-refractivity contribution in [1.29, 1.82) is 0 Å². The van der Waals surface area contributed by atoms with E-state index in [0.717, 1.165) is 31.3 Å². The Hall–Kier alpha value is -2.73. The molecule has 182 valence electrons. The van der Waals surface area contributed by atoms with Crippen molar-refractivity contribution in [2.45, 2.75) is 25.3 Å². The Balaban J connectivity index is 0.00000324. The summed E-state index contributed by atoms with van der Waals surface area (Å²) in [6.45, 7) is 3.54. The number of pyridine rings is 1. The molecule has 9 nitrogen and oxygen atoms in total. The van der Waals surface area contributed by atoms with Crippen LogP contribution in [0.25, 0.3) is 11.6 Å². The fraction of sp³-hybridized carbons (Fsp3) is 0.417. The topological polar surface area (TPSA) is 101 Å². The van der Waals surface area contributed by atoms with Crippen molar-refractivity contribution in [3.05, 3.63) is 60.0 Å². The number of nitrogens with one attached hydrogen (secondary N) is 2. The molecule has 0 bridgehead atoms. The first-order valence-corrected chi connectivity index (χ1v) is 11.3. The second-order valence-electron chi connectivity index (χ2n) is 7.86. The van der Waals surface area contributed by atoms with Gasteiger partial charge in [0.05, 0.1) is 13.2 Å². The molecule has 10 heteroatoms. The van der Waals surface area contributed by atoms with E-state index in [1.54, 1.807) is 20.4 Å². The predicted octanol–water partition coefficient (Wildman–Crippen LogP) is 3.30. The molecule has 1 aliphatic rings. The first-order valence-electron chi connectivity index (χ1n) is 11.3. The molecule has 3 aromatic rings. The highest BCUT2D eigenvalue weighted by atomic mass is 127. The number of benzene rings is 1. The third-order valence-corrected chi connectivity index (χ3v) is 5.76. The second-order valence-corrected chi connectivity index (χ2v) is 7.86. The van der Waals surface area contributed by atoms with Gasteiger partial charge in [0.15, 0.2) is 11.8 Å².